The van der Waals surface area contributed by atoms with Crippen LogP contribution < -0.4 is 5.73 Å². The van der Waals surface area contributed by atoms with E-state index in [1.165, 1.54) is 12.1 Å². The first kappa shape index (κ1) is 22.6. The number of β-amino-alcohol motifs (C(OH)–C–C–N with tert-alkyl or cyclic N) is 1. The van der Waals surface area contributed by atoms with Gasteiger partial charge >= 0.3 is 0 Å². The predicted octanol–water partition coefficient (Wildman–Crippen LogP) is 3.42. The maximum Gasteiger partial charge on any atom is 0.126 e. The molecular weight excluding hydrogens is 410 g/mol. The second-order valence-electron chi connectivity index (χ2n) is 8.51. The second kappa shape index (κ2) is 9.88. The zero-order chi connectivity index (χ0) is 22.7. The first-order valence-corrected chi connectivity index (χ1v) is 10.8. The van der Waals surface area contributed by atoms with E-state index in [2.05, 4.69) is 4.90 Å². The number of halogens is 2. The van der Waals surface area contributed by atoms with Crippen molar-refractivity contribution < 1.29 is 19.0 Å². The lowest BCUT2D eigenvalue weighted by molar-refractivity contribution is 0.0405. The molecule has 3 aromatic rings. The van der Waals surface area contributed by atoms with E-state index in [9.17, 15) is 19.0 Å². The van der Waals surface area contributed by atoms with E-state index < -0.39 is 35.9 Å². The highest BCUT2D eigenvalue weighted by atomic mass is 19.1. The topological polar surface area (TPSA) is 69.7 Å². The molecule has 1 heterocycles. The Labute approximate surface area is 186 Å². The highest BCUT2D eigenvalue weighted by Gasteiger charge is 2.42. The Hall–Kier alpha value is -2.64. The van der Waals surface area contributed by atoms with Gasteiger partial charge in [-0.05, 0) is 41.7 Å². The summed E-state index contributed by atoms with van der Waals surface area (Å²) in [6, 6.07) is 21.8. The van der Waals surface area contributed by atoms with Crippen molar-refractivity contribution >= 4 is 0 Å². The molecule has 1 fully saturated rings. The van der Waals surface area contributed by atoms with Crippen molar-refractivity contribution in [2.75, 3.05) is 6.54 Å². The van der Waals surface area contributed by atoms with E-state index in [0.29, 0.717) is 18.5 Å². The third kappa shape index (κ3) is 5.05. The number of hydrogen-bond acceptors (Lipinski definition) is 4. The monoisotopic (exact) mass is 438 g/mol. The van der Waals surface area contributed by atoms with Crippen LogP contribution in [0.5, 0.6) is 0 Å². The average Bonchev–Trinajstić information content (AvgIpc) is 3.15. The molecule has 32 heavy (non-hydrogen) atoms. The quantitative estimate of drug-likeness (QED) is 0.529. The van der Waals surface area contributed by atoms with Gasteiger partial charge in [0, 0.05) is 24.7 Å². The van der Waals surface area contributed by atoms with Crippen molar-refractivity contribution in [1.29, 1.82) is 0 Å². The molecule has 4 atom stereocenters. The van der Waals surface area contributed by atoms with E-state index in [1.54, 1.807) is 0 Å². The third-order valence-corrected chi connectivity index (χ3v) is 6.15. The lowest BCUT2D eigenvalue weighted by Crippen LogP contribution is -2.50. The highest BCUT2D eigenvalue weighted by molar-refractivity contribution is 5.32. The largest absolute Gasteiger partial charge is 0.392 e. The molecule has 0 spiro atoms. The minimum Gasteiger partial charge on any atom is -0.392 e. The van der Waals surface area contributed by atoms with Crippen LogP contribution in [-0.4, -0.2) is 45.9 Å². The van der Waals surface area contributed by atoms with Crippen molar-refractivity contribution in [1.82, 2.24) is 4.90 Å². The van der Waals surface area contributed by atoms with Gasteiger partial charge < -0.3 is 15.9 Å². The zero-order valence-corrected chi connectivity index (χ0v) is 17.7. The molecule has 0 unspecified atom stereocenters. The van der Waals surface area contributed by atoms with Crippen LogP contribution in [0.25, 0.3) is 0 Å². The summed E-state index contributed by atoms with van der Waals surface area (Å²) in [5, 5.41) is 21.7. The summed E-state index contributed by atoms with van der Waals surface area (Å²) in [7, 11) is 0. The number of benzene rings is 3. The van der Waals surface area contributed by atoms with Gasteiger partial charge in [-0.2, -0.15) is 0 Å². The minimum absolute atomic E-state index is 0.123. The SMILES string of the molecule is N[C@@H](Cc1cc(F)cc(F)c1)[C@H](O)[C@H]1C[C@@H](O)CN1C(c1ccccc1)c1ccccc1. The summed E-state index contributed by atoms with van der Waals surface area (Å²) in [5.74, 6) is -1.35. The fraction of sp³-hybridized carbons (Fsp3) is 0.308. The van der Waals surface area contributed by atoms with E-state index in [4.69, 9.17) is 5.73 Å². The van der Waals surface area contributed by atoms with Crippen LogP contribution in [0.1, 0.15) is 29.2 Å². The molecule has 0 amide bonds. The number of hydrogen-bond donors (Lipinski definition) is 3. The van der Waals surface area contributed by atoms with Gasteiger partial charge in [-0.3, -0.25) is 4.90 Å². The summed E-state index contributed by atoms with van der Waals surface area (Å²) >= 11 is 0. The molecule has 0 aliphatic carbocycles. The number of nitrogens with two attached hydrogens (primary N) is 1. The number of nitrogens with zero attached hydrogens (tertiary/aromatic N) is 1. The molecule has 168 valence electrons. The number of rotatable bonds is 7. The summed E-state index contributed by atoms with van der Waals surface area (Å²) in [4.78, 5) is 2.09. The van der Waals surface area contributed by atoms with Crippen LogP contribution in [-0.2, 0) is 6.42 Å². The van der Waals surface area contributed by atoms with E-state index in [1.807, 2.05) is 60.7 Å². The molecule has 1 saturated heterocycles. The Morgan fingerprint density at radius 2 is 1.44 bits per heavy atom. The maximum absolute atomic E-state index is 13.6. The van der Waals surface area contributed by atoms with Crippen molar-refractivity contribution in [2.24, 2.45) is 5.73 Å². The smallest absolute Gasteiger partial charge is 0.126 e. The number of aliphatic hydroxyl groups is 2. The highest BCUT2D eigenvalue weighted by Crippen LogP contribution is 2.36. The van der Waals surface area contributed by atoms with Crippen LogP contribution in [0.4, 0.5) is 8.78 Å². The summed E-state index contributed by atoms with van der Waals surface area (Å²) in [6.45, 7) is 0.386. The first-order valence-electron chi connectivity index (χ1n) is 10.8. The van der Waals surface area contributed by atoms with Crippen molar-refractivity contribution in [3.8, 4) is 0 Å². The van der Waals surface area contributed by atoms with Gasteiger partial charge in [0.05, 0.1) is 18.2 Å². The Kier molecular flexibility index (Phi) is 6.96. The van der Waals surface area contributed by atoms with Crippen LogP contribution in [0.15, 0.2) is 78.9 Å². The number of likely N-dealkylation sites (tertiary alicyclic amines) is 1. The van der Waals surface area contributed by atoms with Gasteiger partial charge in [0.2, 0.25) is 0 Å². The minimum atomic E-state index is -0.992. The van der Waals surface area contributed by atoms with Gasteiger partial charge in [-0.1, -0.05) is 60.7 Å². The first-order chi connectivity index (χ1) is 15.4. The summed E-state index contributed by atoms with van der Waals surface area (Å²) in [6.07, 6.45) is -1.11. The van der Waals surface area contributed by atoms with Crippen molar-refractivity contribution in [3.05, 3.63) is 107 Å². The van der Waals surface area contributed by atoms with Gasteiger partial charge in [0.15, 0.2) is 0 Å². The van der Waals surface area contributed by atoms with Gasteiger partial charge in [-0.25, -0.2) is 8.78 Å². The molecular formula is C26H28F2N2O2. The Bertz CT molecular complexity index is 959. The molecule has 4 rings (SSSR count). The van der Waals surface area contributed by atoms with E-state index in [0.717, 1.165) is 17.2 Å². The van der Waals surface area contributed by atoms with Crippen LogP contribution in [0.2, 0.25) is 0 Å². The second-order valence-corrected chi connectivity index (χ2v) is 8.51. The molecule has 0 bridgehead atoms. The molecule has 0 aromatic heterocycles. The molecule has 6 heteroatoms. The van der Waals surface area contributed by atoms with Gasteiger partial charge in [0.1, 0.15) is 11.6 Å². The molecule has 0 radical (unpaired) electrons. The molecule has 1 aliphatic heterocycles. The molecule has 4 N–H and O–H groups in total. The average molecular weight is 439 g/mol. The Morgan fingerprint density at radius 3 is 1.97 bits per heavy atom. The van der Waals surface area contributed by atoms with Crippen LogP contribution in [0, 0.1) is 11.6 Å². The molecule has 4 nitrogen and oxygen atoms in total. The number of aliphatic hydroxyl groups excluding tert-OH is 2. The zero-order valence-electron chi connectivity index (χ0n) is 17.7. The fourth-order valence-electron chi connectivity index (χ4n) is 4.75. The summed E-state index contributed by atoms with van der Waals surface area (Å²) < 4.78 is 27.2. The normalized spacial score (nSPS) is 21.1. The van der Waals surface area contributed by atoms with Gasteiger partial charge in [-0.15, -0.1) is 0 Å². The van der Waals surface area contributed by atoms with E-state index >= 15 is 0 Å². The predicted molar refractivity (Wildman–Crippen MR) is 120 cm³/mol. The van der Waals surface area contributed by atoms with Crippen LogP contribution >= 0.6 is 0 Å². The molecule has 3 aromatic carbocycles. The van der Waals surface area contributed by atoms with Crippen molar-refractivity contribution in [3.63, 3.8) is 0 Å². The summed E-state index contributed by atoms with van der Waals surface area (Å²) in [5.41, 5.74) is 8.80. The lowest BCUT2D eigenvalue weighted by atomic mass is 9.92. The molecule has 1 aliphatic rings. The van der Waals surface area contributed by atoms with E-state index in [-0.39, 0.29) is 12.5 Å². The standard InChI is InChI=1S/C26H28F2N2O2/c27-20-11-17(12-21(28)14-20)13-23(29)26(32)24-15-22(31)16-30(24)25(18-7-3-1-4-8-18)19-9-5-2-6-10-19/h1-12,14,22-26,31-32H,13,15-16,29H2/t22-,23+,24-,26+/m1/s1. The Morgan fingerprint density at radius 1 is 0.906 bits per heavy atom. The lowest BCUT2D eigenvalue weighted by Gasteiger charge is -2.37. The van der Waals surface area contributed by atoms with Crippen LogP contribution in [0.3, 0.4) is 0 Å². The van der Waals surface area contributed by atoms with Gasteiger partial charge in [0.25, 0.3) is 0 Å². The molecule has 0 saturated carbocycles. The maximum atomic E-state index is 13.6. The van der Waals surface area contributed by atoms with Crippen molar-refractivity contribution in [2.45, 2.75) is 43.2 Å². The fourth-order valence-corrected chi connectivity index (χ4v) is 4.75. The third-order valence-electron chi connectivity index (χ3n) is 6.15. The Balaban J connectivity index is 1.62.